The van der Waals surface area contributed by atoms with Crippen molar-refractivity contribution in [3.63, 3.8) is 0 Å². The van der Waals surface area contributed by atoms with E-state index in [2.05, 4.69) is 47.7 Å². The quantitative estimate of drug-likeness (QED) is 0.812. The first-order chi connectivity index (χ1) is 7.85. The standard InChI is InChI=1S/C13H19N3/c1-3-10-6-5-7-12(11(10)4-2)16-13-14-8-9-15-13/h5-7H,3-4,8-9H2,1-2H3,(H2,14,15,16). The van der Waals surface area contributed by atoms with Gasteiger partial charge in [-0.1, -0.05) is 26.0 Å². The molecule has 3 nitrogen and oxygen atoms in total. The molecule has 16 heavy (non-hydrogen) atoms. The summed E-state index contributed by atoms with van der Waals surface area (Å²) in [6, 6.07) is 6.37. The predicted octanol–water partition coefficient (Wildman–Crippen LogP) is 1.99. The zero-order valence-electron chi connectivity index (χ0n) is 10.0. The molecule has 0 spiro atoms. The van der Waals surface area contributed by atoms with Crippen LogP contribution in [0.15, 0.2) is 23.2 Å². The molecule has 0 saturated carbocycles. The number of hydrogen-bond acceptors (Lipinski definition) is 1. The Morgan fingerprint density at radius 1 is 1.12 bits per heavy atom. The van der Waals surface area contributed by atoms with Crippen LogP contribution in [0.4, 0.5) is 5.69 Å². The van der Waals surface area contributed by atoms with Crippen LogP contribution in [0.2, 0.25) is 0 Å². The van der Waals surface area contributed by atoms with E-state index in [0.29, 0.717) is 0 Å². The van der Waals surface area contributed by atoms with Crippen LogP contribution in [0, 0.1) is 0 Å². The summed E-state index contributed by atoms with van der Waals surface area (Å²) in [6.45, 7) is 6.31. The molecule has 1 aromatic rings. The van der Waals surface area contributed by atoms with Crippen molar-refractivity contribution in [2.45, 2.75) is 26.7 Å². The lowest BCUT2D eigenvalue weighted by atomic mass is 10.0. The fourth-order valence-corrected chi connectivity index (χ4v) is 2.09. The molecule has 2 rings (SSSR count). The normalized spacial score (nSPS) is 14.5. The van der Waals surface area contributed by atoms with E-state index in [4.69, 9.17) is 0 Å². The van der Waals surface area contributed by atoms with Crippen molar-refractivity contribution in [3.05, 3.63) is 29.3 Å². The maximum Gasteiger partial charge on any atom is 0.196 e. The number of nitrogens with zero attached hydrogens (tertiary/aromatic N) is 1. The number of aliphatic imine (C=N–C) groups is 1. The number of nitrogens with one attached hydrogen (secondary N) is 2. The largest absolute Gasteiger partial charge is 0.354 e. The monoisotopic (exact) mass is 217 g/mol. The molecule has 1 aromatic carbocycles. The van der Waals surface area contributed by atoms with Gasteiger partial charge in [-0.05, 0) is 30.0 Å². The molecule has 1 aliphatic heterocycles. The smallest absolute Gasteiger partial charge is 0.196 e. The van der Waals surface area contributed by atoms with Gasteiger partial charge in [-0.15, -0.1) is 0 Å². The van der Waals surface area contributed by atoms with Gasteiger partial charge in [-0.2, -0.15) is 0 Å². The highest BCUT2D eigenvalue weighted by Gasteiger charge is 2.08. The summed E-state index contributed by atoms with van der Waals surface area (Å²) < 4.78 is 0. The molecule has 3 heteroatoms. The fourth-order valence-electron chi connectivity index (χ4n) is 2.09. The first kappa shape index (κ1) is 11.0. The summed E-state index contributed by atoms with van der Waals surface area (Å²) in [5.41, 5.74) is 3.87. The van der Waals surface area contributed by atoms with E-state index >= 15 is 0 Å². The number of aryl methyl sites for hydroxylation is 1. The summed E-state index contributed by atoms with van der Waals surface area (Å²) in [5, 5.41) is 6.47. The third-order valence-corrected chi connectivity index (χ3v) is 2.92. The average Bonchev–Trinajstić information content (AvgIpc) is 2.81. The molecule has 0 aromatic heterocycles. The van der Waals surface area contributed by atoms with Crippen LogP contribution in [0.1, 0.15) is 25.0 Å². The number of guanidine groups is 1. The van der Waals surface area contributed by atoms with Gasteiger partial charge >= 0.3 is 0 Å². The summed E-state index contributed by atoms with van der Waals surface area (Å²) >= 11 is 0. The first-order valence-corrected chi connectivity index (χ1v) is 6.02. The molecule has 1 heterocycles. The van der Waals surface area contributed by atoms with E-state index in [-0.39, 0.29) is 0 Å². The van der Waals surface area contributed by atoms with Crippen LogP contribution >= 0.6 is 0 Å². The molecular formula is C13H19N3. The fraction of sp³-hybridized carbons (Fsp3) is 0.462. The summed E-state index contributed by atoms with van der Waals surface area (Å²) in [7, 11) is 0. The van der Waals surface area contributed by atoms with Crippen molar-refractivity contribution in [1.29, 1.82) is 0 Å². The molecule has 0 atom stereocenters. The molecule has 0 radical (unpaired) electrons. The van der Waals surface area contributed by atoms with Crippen LogP contribution in [0.3, 0.4) is 0 Å². The van der Waals surface area contributed by atoms with Crippen molar-refractivity contribution < 1.29 is 0 Å². The lowest BCUT2D eigenvalue weighted by Gasteiger charge is -2.09. The van der Waals surface area contributed by atoms with Crippen molar-refractivity contribution in [3.8, 4) is 0 Å². The van der Waals surface area contributed by atoms with Crippen molar-refractivity contribution in [2.24, 2.45) is 4.99 Å². The zero-order chi connectivity index (χ0) is 11.4. The van der Waals surface area contributed by atoms with Gasteiger partial charge in [0, 0.05) is 13.1 Å². The van der Waals surface area contributed by atoms with E-state index in [0.717, 1.165) is 37.6 Å². The molecule has 0 bridgehead atoms. The van der Waals surface area contributed by atoms with Gasteiger partial charge in [-0.3, -0.25) is 0 Å². The lowest BCUT2D eigenvalue weighted by molar-refractivity contribution is 0.942. The van der Waals surface area contributed by atoms with Gasteiger partial charge in [0.25, 0.3) is 0 Å². The highest BCUT2D eigenvalue weighted by atomic mass is 15.2. The van der Waals surface area contributed by atoms with E-state index in [9.17, 15) is 0 Å². The predicted molar refractivity (Wildman–Crippen MR) is 68.3 cm³/mol. The van der Waals surface area contributed by atoms with Gasteiger partial charge in [-0.25, -0.2) is 4.99 Å². The number of hydrogen-bond donors (Lipinski definition) is 2. The molecular weight excluding hydrogens is 198 g/mol. The Hall–Kier alpha value is -1.51. The maximum absolute atomic E-state index is 4.63. The van der Waals surface area contributed by atoms with E-state index in [1.807, 2.05) is 0 Å². The summed E-state index contributed by atoms with van der Waals surface area (Å²) in [5.74, 6) is 0.906. The topological polar surface area (TPSA) is 36.4 Å². The molecule has 0 amide bonds. The third kappa shape index (κ3) is 2.18. The van der Waals surface area contributed by atoms with Crippen LogP contribution in [-0.2, 0) is 12.8 Å². The minimum absolute atomic E-state index is 0.906. The van der Waals surface area contributed by atoms with Gasteiger partial charge in [0.2, 0.25) is 0 Å². The summed E-state index contributed by atoms with van der Waals surface area (Å²) in [4.78, 5) is 4.63. The van der Waals surface area contributed by atoms with Crippen LogP contribution in [-0.4, -0.2) is 19.0 Å². The molecule has 86 valence electrons. The number of benzene rings is 1. The van der Waals surface area contributed by atoms with Crippen molar-refractivity contribution >= 4 is 11.6 Å². The summed E-state index contributed by atoms with van der Waals surface area (Å²) in [6.07, 6.45) is 2.11. The van der Waals surface area contributed by atoms with Crippen LogP contribution in [0.25, 0.3) is 0 Å². The Bertz CT molecular complexity index is 388. The molecule has 1 fully saturated rings. The van der Waals surface area contributed by atoms with Gasteiger partial charge in [0.05, 0.1) is 5.69 Å². The minimum atomic E-state index is 0.906. The second-order valence-corrected chi connectivity index (χ2v) is 3.94. The van der Waals surface area contributed by atoms with E-state index < -0.39 is 0 Å². The Balaban J connectivity index is 2.35. The Labute approximate surface area is 97.0 Å². The molecule has 1 saturated heterocycles. The second-order valence-electron chi connectivity index (χ2n) is 3.94. The Kier molecular flexibility index (Phi) is 3.44. The van der Waals surface area contributed by atoms with Gasteiger partial charge in [0.1, 0.15) is 0 Å². The second kappa shape index (κ2) is 5.01. The van der Waals surface area contributed by atoms with Crippen molar-refractivity contribution in [2.75, 3.05) is 13.1 Å². The first-order valence-electron chi connectivity index (χ1n) is 6.02. The highest BCUT2D eigenvalue weighted by Crippen LogP contribution is 2.24. The van der Waals surface area contributed by atoms with Crippen LogP contribution < -0.4 is 10.6 Å². The van der Waals surface area contributed by atoms with Crippen molar-refractivity contribution in [1.82, 2.24) is 10.6 Å². The van der Waals surface area contributed by atoms with Gasteiger partial charge < -0.3 is 10.6 Å². The highest BCUT2D eigenvalue weighted by molar-refractivity contribution is 5.84. The minimum Gasteiger partial charge on any atom is -0.354 e. The molecule has 1 aliphatic rings. The van der Waals surface area contributed by atoms with Gasteiger partial charge in [0.15, 0.2) is 5.96 Å². The third-order valence-electron chi connectivity index (χ3n) is 2.92. The number of rotatable bonds is 3. The lowest BCUT2D eigenvalue weighted by Crippen LogP contribution is -2.23. The SMILES string of the molecule is CCc1cccc(N=C2NCCN2)c1CC. The Morgan fingerprint density at radius 2 is 1.88 bits per heavy atom. The molecule has 2 N–H and O–H groups in total. The zero-order valence-corrected chi connectivity index (χ0v) is 10.0. The average molecular weight is 217 g/mol. The molecule has 0 aliphatic carbocycles. The Morgan fingerprint density at radius 3 is 2.50 bits per heavy atom. The van der Waals surface area contributed by atoms with E-state index in [1.165, 1.54) is 11.1 Å². The molecule has 0 unspecified atom stereocenters. The van der Waals surface area contributed by atoms with Crippen LogP contribution in [0.5, 0.6) is 0 Å². The maximum atomic E-state index is 4.63. The van der Waals surface area contributed by atoms with E-state index in [1.54, 1.807) is 0 Å².